The van der Waals surface area contributed by atoms with Crippen LogP contribution in [0.25, 0.3) is 0 Å². The highest BCUT2D eigenvalue weighted by atomic mass is 127. The van der Waals surface area contributed by atoms with E-state index < -0.39 is 11.0 Å². The maximum atomic E-state index is 11.4. The molecule has 3 rings (SSSR count). The van der Waals surface area contributed by atoms with Crippen LogP contribution in [0.1, 0.15) is 28.5 Å². The third-order valence-corrected chi connectivity index (χ3v) is 5.14. The van der Waals surface area contributed by atoms with Gasteiger partial charge < -0.3 is 5.11 Å². The Hall–Kier alpha value is -1.97. The molecule has 0 spiro atoms. The van der Waals surface area contributed by atoms with Crippen molar-refractivity contribution in [2.24, 2.45) is 7.05 Å². The first kappa shape index (κ1) is 18.8. The fourth-order valence-corrected chi connectivity index (χ4v) is 3.84. The number of aryl methyl sites for hydroxylation is 1. The van der Waals surface area contributed by atoms with E-state index in [-0.39, 0.29) is 11.3 Å². The van der Waals surface area contributed by atoms with Crippen molar-refractivity contribution in [3.63, 3.8) is 0 Å². The molecule has 1 aromatic heterocycles. The third-order valence-electron chi connectivity index (χ3n) is 4.08. The largest absolute Gasteiger partial charge is 0.382 e. The Morgan fingerprint density at radius 2 is 2.04 bits per heavy atom. The van der Waals surface area contributed by atoms with E-state index in [1.165, 1.54) is 10.7 Å². The molecule has 6 nitrogen and oxygen atoms in total. The topological polar surface area (TPSA) is 81.2 Å². The van der Waals surface area contributed by atoms with Gasteiger partial charge in [0.25, 0.3) is 5.69 Å². The highest BCUT2D eigenvalue weighted by molar-refractivity contribution is 14.1. The van der Waals surface area contributed by atoms with Gasteiger partial charge >= 0.3 is 0 Å². The van der Waals surface area contributed by atoms with E-state index in [1.54, 1.807) is 31.4 Å². The van der Waals surface area contributed by atoms with Crippen molar-refractivity contribution in [2.45, 2.75) is 12.5 Å². The minimum atomic E-state index is -1.14. The molecular weight excluding hydrogens is 469 g/mol. The molecule has 0 saturated carbocycles. The van der Waals surface area contributed by atoms with Crippen LogP contribution in [-0.4, -0.2) is 19.8 Å². The second-order valence-corrected chi connectivity index (χ2v) is 7.46. The van der Waals surface area contributed by atoms with Crippen LogP contribution in [0, 0.1) is 13.7 Å². The molecule has 26 heavy (non-hydrogen) atoms. The first-order valence-corrected chi connectivity index (χ1v) is 9.19. The van der Waals surface area contributed by atoms with Crippen molar-refractivity contribution in [3.8, 4) is 0 Å². The SMILES string of the molecule is Cn1ncc(I)c1C(O)c1cc(Cc2cccc(Cl)c2)ccc1[N+](=O)[O-]. The summed E-state index contributed by atoms with van der Waals surface area (Å²) in [7, 11) is 1.70. The van der Waals surface area contributed by atoms with Gasteiger partial charge in [0, 0.05) is 18.1 Å². The van der Waals surface area contributed by atoms with Gasteiger partial charge in [0.05, 0.1) is 25.9 Å². The van der Waals surface area contributed by atoms with Gasteiger partial charge in [0.15, 0.2) is 0 Å². The van der Waals surface area contributed by atoms with Crippen LogP contribution in [0.5, 0.6) is 0 Å². The molecule has 1 atom stereocenters. The summed E-state index contributed by atoms with van der Waals surface area (Å²) in [4.78, 5) is 11.0. The molecule has 0 aliphatic heterocycles. The van der Waals surface area contributed by atoms with Crippen molar-refractivity contribution in [3.05, 3.63) is 89.8 Å². The molecule has 1 N–H and O–H groups in total. The van der Waals surface area contributed by atoms with Gasteiger partial charge in [-0.05, 0) is 58.3 Å². The van der Waals surface area contributed by atoms with Gasteiger partial charge in [-0.1, -0.05) is 29.8 Å². The van der Waals surface area contributed by atoms with E-state index in [1.807, 2.05) is 18.2 Å². The summed E-state index contributed by atoms with van der Waals surface area (Å²) in [5, 5.41) is 27.0. The highest BCUT2D eigenvalue weighted by Gasteiger charge is 2.26. The number of aliphatic hydroxyl groups excluding tert-OH is 1. The zero-order valence-electron chi connectivity index (χ0n) is 13.8. The lowest BCUT2D eigenvalue weighted by molar-refractivity contribution is -0.386. The van der Waals surface area contributed by atoms with Crippen LogP contribution in [0.15, 0.2) is 48.7 Å². The molecule has 0 saturated heterocycles. The lowest BCUT2D eigenvalue weighted by Crippen LogP contribution is -2.10. The van der Waals surface area contributed by atoms with Crippen LogP contribution in [0.4, 0.5) is 5.69 Å². The van der Waals surface area contributed by atoms with Crippen molar-refractivity contribution in [1.82, 2.24) is 9.78 Å². The molecule has 0 amide bonds. The Kier molecular flexibility index (Phi) is 5.59. The van der Waals surface area contributed by atoms with E-state index in [4.69, 9.17) is 11.6 Å². The molecule has 0 bridgehead atoms. The summed E-state index contributed by atoms with van der Waals surface area (Å²) < 4.78 is 2.27. The summed E-state index contributed by atoms with van der Waals surface area (Å²) in [6.45, 7) is 0. The molecule has 0 aliphatic carbocycles. The number of hydrogen-bond donors (Lipinski definition) is 1. The Bertz CT molecular complexity index is 955. The van der Waals surface area contributed by atoms with E-state index in [2.05, 4.69) is 27.7 Å². The zero-order chi connectivity index (χ0) is 18.8. The quantitative estimate of drug-likeness (QED) is 0.334. The van der Waals surface area contributed by atoms with Gasteiger partial charge in [-0.3, -0.25) is 14.8 Å². The Morgan fingerprint density at radius 3 is 2.65 bits per heavy atom. The summed E-state index contributed by atoms with van der Waals surface area (Å²) in [5.74, 6) is 0. The van der Waals surface area contributed by atoms with Crippen LogP contribution < -0.4 is 0 Å². The van der Waals surface area contributed by atoms with Crippen LogP contribution in [0.3, 0.4) is 0 Å². The number of halogens is 2. The summed E-state index contributed by atoms with van der Waals surface area (Å²) >= 11 is 8.08. The predicted molar refractivity (Wildman–Crippen MR) is 107 cm³/mol. The second-order valence-electron chi connectivity index (χ2n) is 5.86. The number of aliphatic hydroxyl groups is 1. The Morgan fingerprint density at radius 1 is 1.31 bits per heavy atom. The van der Waals surface area contributed by atoms with E-state index in [9.17, 15) is 15.2 Å². The molecular formula is C18H15ClIN3O3. The van der Waals surface area contributed by atoms with E-state index in [0.29, 0.717) is 17.1 Å². The van der Waals surface area contributed by atoms with Crippen LogP contribution in [0.2, 0.25) is 5.02 Å². The van der Waals surface area contributed by atoms with Gasteiger partial charge in [0.2, 0.25) is 0 Å². The first-order valence-electron chi connectivity index (χ1n) is 7.74. The van der Waals surface area contributed by atoms with Gasteiger partial charge in [-0.25, -0.2) is 0 Å². The molecule has 3 aromatic rings. The second kappa shape index (κ2) is 7.73. The van der Waals surface area contributed by atoms with Crippen molar-refractivity contribution in [1.29, 1.82) is 0 Å². The molecule has 2 aromatic carbocycles. The van der Waals surface area contributed by atoms with Gasteiger partial charge in [-0.2, -0.15) is 5.10 Å². The van der Waals surface area contributed by atoms with Crippen LogP contribution >= 0.6 is 34.2 Å². The average Bonchev–Trinajstić information content (AvgIpc) is 2.92. The first-order chi connectivity index (χ1) is 12.4. The minimum Gasteiger partial charge on any atom is -0.382 e. The van der Waals surface area contributed by atoms with Gasteiger partial charge in [-0.15, -0.1) is 0 Å². The minimum absolute atomic E-state index is 0.121. The molecule has 0 radical (unpaired) electrons. The fourth-order valence-electron chi connectivity index (χ4n) is 2.86. The number of nitro groups is 1. The summed E-state index contributed by atoms with van der Waals surface area (Å²) in [6.07, 6.45) is 1.02. The maximum Gasteiger partial charge on any atom is 0.275 e. The predicted octanol–water partition coefficient (Wildman–Crippen LogP) is 4.26. The number of nitro benzene ring substituents is 1. The van der Waals surface area contributed by atoms with Gasteiger partial charge in [0.1, 0.15) is 6.10 Å². The monoisotopic (exact) mass is 483 g/mol. The fraction of sp³-hybridized carbons (Fsp3) is 0.167. The summed E-state index contributed by atoms with van der Waals surface area (Å²) in [6, 6.07) is 12.2. The number of hydrogen-bond acceptors (Lipinski definition) is 4. The highest BCUT2D eigenvalue weighted by Crippen LogP contribution is 2.33. The van der Waals surface area contributed by atoms with Crippen molar-refractivity contribution in [2.75, 3.05) is 0 Å². The number of rotatable bonds is 5. The lowest BCUT2D eigenvalue weighted by atomic mass is 9.98. The molecule has 134 valence electrons. The zero-order valence-corrected chi connectivity index (χ0v) is 16.7. The Balaban J connectivity index is 2.03. The normalized spacial score (nSPS) is 12.2. The summed E-state index contributed by atoms with van der Waals surface area (Å²) in [5.41, 5.74) is 2.49. The smallest absolute Gasteiger partial charge is 0.275 e. The standard InChI is InChI=1S/C18H15ClIN3O3/c1-22-17(15(20)10-21-22)18(24)14-9-12(5-6-16(14)23(25)26)7-11-3-2-4-13(19)8-11/h2-6,8-10,18,24H,7H2,1H3. The van der Waals surface area contributed by atoms with Crippen LogP contribution in [-0.2, 0) is 13.5 Å². The molecule has 0 fully saturated rings. The van der Waals surface area contributed by atoms with E-state index >= 15 is 0 Å². The number of aromatic nitrogens is 2. The molecule has 1 unspecified atom stereocenters. The number of benzene rings is 2. The van der Waals surface area contributed by atoms with E-state index in [0.717, 1.165) is 14.7 Å². The maximum absolute atomic E-state index is 11.4. The molecule has 1 heterocycles. The average molecular weight is 484 g/mol. The van der Waals surface area contributed by atoms with Crippen molar-refractivity contribution < 1.29 is 10.0 Å². The molecule has 0 aliphatic rings. The van der Waals surface area contributed by atoms with Crippen molar-refractivity contribution >= 4 is 39.9 Å². The third kappa shape index (κ3) is 3.89. The Labute approximate surface area is 168 Å². The lowest BCUT2D eigenvalue weighted by Gasteiger charge is -2.14. The number of nitrogens with zero attached hydrogens (tertiary/aromatic N) is 3. The molecule has 8 heteroatoms.